The molecule has 102 valence electrons. The molecule has 1 aromatic rings. The zero-order valence-electron chi connectivity index (χ0n) is 9.35. The molecular weight excluding hydrogens is 296 g/mol. The van der Waals surface area contributed by atoms with E-state index in [0.29, 0.717) is 0 Å². The van der Waals surface area contributed by atoms with Crippen LogP contribution < -0.4 is 26.1 Å². The van der Waals surface area contributed by atoms with Crippen LogP contribution >= 0.6 is 16.1 Å². The molecule has 19 heavy (non-hydrogen) atoms. The molecule has 3 atom stereocenters. The molecule has 0 aliphatic rings. The Kier molecular flexibility index (Phi) is 5.05. The summed E-state index contributed by atoms with van der Waals surface area (Å²) in [6.45, 7) is 0. The van der Waals surface area contributed by atoms with Crippen LogP contribution in [0, 0.1) is 0 Å². The van der Waals surface area contributed by atoms with Gasteiger partial charge in [0, 0.05) is 18.6 Å². The normalized spacial score (nSPS) is 13.8. The van der Waals surface area contributed by atoms with Crippen LogP contribution in [0.1, 0.15) is 5.56 Å². The number of carbonyl (C=O) groups is 1. The van der Waals surface area contributed by atoms with Crippen LogP contribution in [0.4, 0.5) is 0 Å². The van der Waals surface area contributed by atoms with E-state index < -0.39 is 50.8 Å². The van der Waals surface area contributed by atoms with Crippen LogP contribution in [0.2, 0.25) is 0 Å². The van der Waals surface area contributed by atoms with Gasteiger partial charge in [-0.15, -0.1) is 0 Å². The second-order valence-corrected chi connectivity index (χ2v) is 5.62. The van der Waals surface area contributed by atoms with E-state index in [0.717, 1.165) is 12.1 Å². The summed E-state index contributed by atoms with van der Waals surface area (Å²) in [5.41, 5.74) is 5.03. The van der Waals surface area contributed by atoms with Gasteiger partial charge in [0.25, 0.3) is 0 Å². The lowest BCUT2D eigenvalue weighted by atomic mass is 10.1. The Balaban J connectivity index is 3.43. The highest BCUT2D eigenvalue weighted by Gasteiger charge is 2.29. The molecule has 0 spiro atoms. The predicted octanol–water partition coefficient (Wildman–Crippen LogP) is -2.20. The third-order valence-electron chi connectivity index (χ3n) is 2.32. The topological polar surface area (TPSA) is 164 Å². The molecule has 0 aromatic heterocycles. The molecule has 10 heteroatoms. The Bertz CT molecular complexity index is 524. The number of phenols is 1. The average molecular weight is 305 g/mol. The molecule has 0 amide bonds. The zero-order valence-corrected chi connectivity index (χ0v) is 11.1. The number of carboxylic acid groups (broad SMARTS) is 1. The molecule has 4 N–H and O–H groups in total. The summed E-state index contributed by atoms with van der Waals surface area (Å²) in [6, 6.07) is 0.238. The first-order chi connectivity index (χ1) is 8.73. The number of phenolic OH excluding ortho intramolecular Hbond substituents is 1. The molecule has 8 nitrogen and oxygen atoms in total. The van der Waals surface area contributed by atoms with Gasteiger partial charge in [-0.05, 0) is 0 Å². The van der Waals surface area contributed by atoms with Gasteiger partial charge in [0.1, 0.15) is 11.8 Å². The Labute approximate surface area is 109 Å². The number of benzene rings is 1. The molecule has 0 aliphatic heterocycles. The number of rotatable bonds is 5. The van der Waals surface area contributed by atoms with Crippen LogP contribution in [-0.2, 0) is 20.3 Å². The van der Waals surface area contributed by atoms with Crippen LogP contribution in [0.5, 0.6) is 5.75 Å². The first-order valence-electron chi connectivity index (χ1n) is 4.87. The monoisotopic (exact) mass is 305 g/mol. The molecule has 3 unspecified atom stereocenters. The highest BCUT2D eigenvalue weighted by atomic mass is 31.1. The number of carboxylic acids is 1. The number of hydrogen-bond acceptors (Lipinski definition) is 7. The molecular formula is C9H9NO7P2. The summed E-state index contributed by atoms with van der Waals surface area (Å²) in [5.74, 6) is -1.94. The molecule has 0 fully saturated rings. The lowest BCUT2D eigenvalue weighted by molar-refractivity contribution is -0.161. The molecule has 0 aliphatic carbocycles. The lowest BCUT2D eigenvalue weighted by Gasteiger charge is -2.09. The van der Waals surface area contributed by atoms with Gasteiger partial charge in [-0.3, -0.25) is 4.79 Å². The van der Waals surface area contributed by atoms with Crippen molar-refractivity contribution in [3.8, 4) is 5.75 Å². The molecule has 0 saturated carbocycles. The summed E-state index contributed by atoms with van der Waals surface area (Å²) in [5, 5.41) is 17.0. The summed E-state index contributed by atoms with van der Waals surface area (Å²) in [4.78, 5) is 32.7. The number of hydrogen-bond donors (Lipinski definition) is 3. The molecule has 0 saturated heterocycles. The van der Waals surface area contributed by atoms with E-state index in [1.165, 1.54) is 0 Å². The van der Waals surface area contributed by atoms with Crippen molar-refractivity contribution in [2.24, 2.45) is 5.73 Å². The molecule has 1 rings (SSSR count). The van der Waals surface area contributed by atoms with Crippen LogP contribution in [0.15, 0.2) is 12.1 Å². The van der Waals surface area contributed by atoms with E-state index in [9.17, 15) is 28.8 Å². The first kappa shape index (κ1) is 15.6. The quantitative estimate of drug-likeness (QED) is 0.516. The Morgan fingerprint density at radius 2 is 1.68 bits per heavy atom. The fourth-order valence-electron chi connectivity index (χ4n) is 1.47. The number of nitrogens with two attached hydrogens (primary N) is 1. The maximum absolute atomic E-state index is 11.0. The van der Waals surface area contributed by atoms with Crippen LogP contribution in [0.25, 0.3) is 0 Å². The highest BCUT2D eigenvalue weighted by molar-refractivity contribution is 7.48. The number of aromatic hydroxyl groups is 1. The summed E-state index contributed by atoms with van der Waals surface area (Å²) in [6.07, 6.45) is -0.479. The van der Waals surface area contributed by atoms with Gasteiger partial charge in [0.15, 0.2) is 10.6 Å². The molecule has 0 bridgehead atoms. The van der Waals surface area contributed by atoms with Gasteiger partial charge < -0.3 is 25.7 Å². The van der Waals surface area contributed by atoms with Crippen molar-refractivity contribution in [1.29, 1.82) is 0 Å². The summed E-state index contributed by atoms with van der Waals surface area (Å²) < 4.78 is 22.1. The smallest absolute Gasteiger partial charge is 0.349 e. The van der Waals surface area contributed by atoms with E-state index >= 15 is 0 Å². The van der Waals surface area contributed by atoms with E-state index in [-0.39, 0.29) is 5.56 Å². The van der Waals surface area contributed by atoms with Crippen molar-refractivity contribution in [1.82, 2.24) is 0 Å². The maximum Gasteiger partial charge on any atom is 0.349 e. The molecule has 1 aromatic carbocycles. The van der Waals surface area contributed by atoms with E-state index in [4.69, 9.17) is 10.8 Å². The van der Waals surface area contributed by atoms with Gasteiger partial charge in [0.05, 0.1) is 5.56 Å². The second-order valence-electron chi connectivity index (χ2n) is 3.63. The summed E-state index contributed by atoms with van der Waals surface area (Å²) >= 11 is 0. The molecule has 0 heterocycles. The largest absolute Gasteiger partial charge is 0.591 e. The van der Waals surface area contributed by atoms with E-state index in [1.807, 2.05) is 0 Å². The van der Waals surface area contributed by atoms with E-state index in [2.05, 4.69) is 0 Å². The predicted molar refractivity (Wildman–Crippen MR) is 61.9 cm³/mol. The highest BCUT2D eigenvalue weighted by Crippen LogP contribution is 2.22. The zero-order chi connectivity index (χ0) is 14.7. The Morgan fingerprint density at radius 3 is 2.00 bits per heavy atom. The number of aliphatic carboxylic acids is 1. The van der Waals surface area contributed by atoms with Gasteiger partial charge in [-0.25, -0.2) is 0 Å². The van der Waals surface area contributed by atoms with Crippen molar-refractivity contribution < 1.29 is 33.9 Å². The third-order valence-corrected chi connectivity index (χ3v) is 3.91. The minimum atomic E-state index is -3.20. The van der Waals surface area contributed by atoms with Gasteiger partial charge >= 0.3 is 22.0 Å². The first-order valence-corrected chi connectivity index (χ1v) is 7.22. The minimum absolute atomic E-state index is 0.236. The Hall–Kier alpha value is -1.43. The van der Waals surface area contributed by atoms with Gasteiger partial charge in [-0.2, -0.15) is 0 Å². The molecule has 0 radical (unpaired) electrons. The minimum Gasteiger partial charge on any atom is -0.591 e. The second kappa shape index (κ2) is 6.14. The maximum atomic E-state index is 11.0. The van der Waals surface area contributed by atoms with Gasteiger partial charge in [-0.1, -0.05) is 9.13 Å². The Morgan fingerprint density at radius 1 is 1.26 bits per heavy atom. The fourth-order valence-corrected chi connectivity index (χ4v) is 2.90. The van der Waals surface area contributed by atoms with Crippen molar-refractivity contribution in [3.05, 3.63) is 17.7 Å². The van der Waals surface area contributed by atoms with Crippen molar-refractivity contribution in [2.75, 3.05) is 0 Å². The SMILES string of the molecule is NC(Cc1c([P+](=O)[O-])cc(O)cc1[P+](=O)[O-])C(=O)O. The average Bonchev–Trinajstić information content (AvgIpc) is 2.29. The van der Waals surface area contributed by atoms with Gasteiger partial charge in [0.2, 0.25) is 0 Å². The standard InChI is InChI=1S/C9H9NO7P2/c10-6(9(12)13)3-5-7(18(14)15)1-4(11)2-8(5)19(16)17/h1-2,6,11H,3,10H2,(H,12,13). The van der Waals surface area contributed by atoms with Crippen LogP contribution in [-0.4, -0.2) is 22.2 Å². The van der Waals surface area contributed by atoms with Crippen molar-refractivity contribution >= 4 is 32.6 Å². The van der Waals surface area contributed by atoms with Crippen molar-refractivity contribution in [2.45, 2.75) is 12.5 Å². The lowest BCUT2D eigenvalue weighted by Crippen LogP contribution is -2.36. The van der Waals surface area contributed by atoms with Crippen molar-refractivity contribution in [3.63, 3.8) is 0 Å². The fraction of sp³-hybridized carbons (Fsp3) is 0.222. The third kappa shape index (κ3) is 3.76. The van der Waals surface area contributed by atoms with Crippen LogP contribution in [0.3, 0.4) is 0 Å². The summed E-state index contributed by atoms with van der Waals surface area (Å²) in [7, 11) is -6.40. The van der Waals surface area contributed by atoms with E-state index in [1.54, 1.807) is 0 Å².